The van der Waals surface area contributed by atoms with Crippen molar-refractivity contribution in [2.45, 2.75) is 13.0 Å². The molecule has 6 nitrogen and oxygen atoms in total. The molecule has 0 N–H and O–H groups in total. The summed E-state index contributed by atoms with van der Waals surface area (Å²) in [4.78, 5) is 14.5. The first-order valence-corrected chi connectivity index (χ1v) is 7.36. The molecule has 6 heteroatoms. The maximum Gasteiger partial charge on any atom is 0.338 e. The van der Waals surface area contributed by atoms with Gasteiger partial charge in [-0.05, 0) is 19.1 Å². The lowest BCUT2D eigenvalue weighted by atomic mass is 10.2. The van der Waals surface area contributed by atoms with Crippen LogP contribution in [0.5, 0.6) is 11.5 Å². The Morgan fingerprint density at radius 1 is 1.18 bits per heavy atom. The fourth-order valence-corrected chi connectivity index (χ4v) is 2.36. The molecule has 2 rings (SSSR count). The Bertz CT molecular complexity index is 477. The van der Waals surface area contributed by atoms with Gasteiger partial charge in [0, 0.05) is 25.7 Å². The molecule has 1 heterocycles. The number of carbonyl (C=O) groups excluding carboxylic acids is 1. The predicted molar refractivity (Wildman–Crippen MR) is 81.7 cm³/mol. The first kappa shape index (κ1) is 16.6. The third-order valence-electron chi connectivity index (χ3n) is 3.51. The van der Waals surface area contributed by atoms with Gasteiger partial charge in [-0.25, -0.2) is 4.79 Å². The lowest BCUT2D eigenvalue weighted by molar-refractivity contribution is 0.000411. The molecule has 1 aromatic rings. The maximum atomic E-state index is 12.3. The lowest BCUT2D eigenvalue weighted by Gasteiger charge is -2.28. The monoisotopic (exact) mass is 309 g/mol. The molecule has 0 radical (unpaired) electrons. The molecule has 0 aliphatic carbocycles. The van der Waals surface area contributed by atoms with E-state index < -0.39 is 0 Å². The molecule has 1 fully saturated rings. The summed E-state index contributed by atoms with van der Waals surface area (Å²) in [7, 11) is 3.09. The largest absolute Gasteiger partial charge is 0.497 e. The van der Waals surface area contributed by atoms with E-state index in [1.165, 1.54) is 0 Å². The minimum Gasteiger partial charge on any atom is -0.497 e. The summed E-state index contributed by atoms with van der Waals surface area (Å²) < 4.78 is 21.1. The minimum atomic E-state index is -0.377. The van der Waals surface area contributed by atoms with E-state index >= 15 is 0 Å². The summed E-state index contributed by atoms with van der Waals surface area (Å²) in [5, 5.41) is 0. The molecule has 0 bridgehead atoms. The Morgan fingerprint density at radius 2 is 1.77 bits per heavy atom. The number of hydrogen-bond donors (Lipinski definition) is 0. The Hall–Kier alpha value is -1.79. The Balaban J connectivity index is 1.95. The molecule has 0 spiro atoms. The quantitative estimate of drug-likeness (QED) is 0.744. The highest BCUT2D eigenvalue weighted by atomic mass is 16.5. The van der Waals surface area contributed by atoms with Crippen molar-refractivity contribution in [3.05, 3.63) is 23.8 Å². The number of carbonyl (C=O) groups is 1. The normalized spacial score (nSPS) is 16.9. The summed E-state index contributed by atoms with van der Waals surface area (Å²) in [5.74, 6) is 0.747. The smallest absolute Gasteiger partial charge is 0.338 e. The van der Waals surface area contributed by atoms with E-state index in [2.05, 4.69) is 4.90 Å². The molecule has 1 aliphatic rings. The van der Waals surface area contributed by atoms with Crippen molar-refractivity contribution in [2.24, 2.45) is 0 Å². The predicted octanol–water partition coefficient (Wildman–Crippen LogP) is 1.58. The van der Waals surface area contributed by atoms with Gasteiger partial charge in [0.15, 0.2) is 0 Å². The molecule has 1 atom stereocenters. The molecule has 0 aromatic heterocycles. The van der Waals surface area contributed by atoms with Gasteiger partial charge in [-0.15, -0.1) is 0 Å². The van der Waals surface area contributed by atoms with Crippen LogP contribution < -0.4 is 9.47 Å². The number of nitrogens with zero attached hydrogens (tertiary/aromatic N) is 1. The molecule has 0 saturated carbocycles. The fourth-order valence-electron chi connectivity index (χ4n) is 2.36. The molecule has 0 amide bonds. The Kier molecular flexibility index (Phi) is 6.03. The van der Waals surface area contributed by atoms with Gasteiger partial charge in [0.1, 0.15) is 17.6 Å². The average molecular weight is 309 g/mol. The number of benzene rings is 1. The third-order valence-corrected chi connectivity index (χ3v) is 3.51. The first-order chi connectivity index (χ1) is 10.6. The van der Waals surface area contributed by atoms with Gasteiger partial charge in [-0.1, -0.05) is 0 Å². The maximum absolute atomic E-state index is 12.3. The van der Waals surface area contributed by atoms with Crippen molar-refractivity contribution >= 4 is 5.97 Å². The number of rotatable bonds is 6. The molecule has 1 aromatic carbocycles. The van der Waals surface area contributed by atoms with E-state index in [1.54, 1.807) is 32.4 Å². The highest BCUT2D eigenvalue weighted by Crippen LogP contribution is 2.23. The fraction of sp³-hybridized carbons (Fsp3) is 0.562. The molecule has 0 unspecified atom stereocenters. The highest BCUT2D eigenvalue weighted by Gasteiger charge is 2.18. The van der Waals surface area contributed by atoms with Gasteiger partial charge in [0.05, 0.1) is 33.0 Å². The summed E-state index contributed by atoms with van der Waals surface area (Å²) in [6, 6.07) is 5.01. The molecule has 1 aliphatic heterocycles. The summed E-state index contributed by atoms with van der Waals surface area (Å²) in [6.45, 7) is 5.80. The van der Waals surface area contributed by atoms with Crippen LogP contribution in [-0.2, 0) is 9.47 Å². The number of esters is 1. The van der Waals surface area contributed by atoms with Crippen LogP contribution >= 0.6 is 0 Å². The van der Waals surface area contributed by atoms with Crippen LogP contribution in [0.2, 0.25) is 0 Å². The molecule has 1 saturated heterocycles. The van der Waals surface area contributed by atoms with Crippen molar-refractivity contribution in [3.8, 4) is 11.5 Å². The first-order valence-electron chi connectivity index (χ1n) is 7.36. The zero-order valence-electron chi connectivity index (χ0n) is 13.3. The third kappa shape index (κ3) is 4.61. The van der Waals surface area contributed by atoms with Crippen molar-refractivity contribution in [2.75, 3.05) is 47.1 Å². The Labute approximate surface area is 130 Å². The van der Waals surface area contributed by atoms with Crippen LogP contribution in [0.15, 0.2) is 18.2 Å². The van der Waals surface area contributed by atoms with E-state index in [0.29, 0.717) is 23.6 Å². The van der Waals surface area contributed by atoms with E-state index in [-0.39, 0.29) is 12.1 Å². The van der Waals surface area contributed by atoms with Crippen molar-refractivity contribution < 1.29 is 23.7 Å². The summed E-state index contributed by atoms with van der Waals surface area (Å²) in [6.07, 6.45) is -0.192. The molecule has 22 heavy (non-hydrogen) atoms. The lowest BCUT2D eigenvalue weighted by Crippen LogP contribution is -2.41. The van der Waals surface area contributed by atoms with Gasteiger partial charge in [0.25, 0.3) is 0 Å². The molecule has 122 valence electrons. The van der Waals surface area contributed by atoms with Crippen molar-refractivity contribution in [1.29, 1.82) is 0 Å². The van der Waals surface area contributed by atoms with E-state index in [4.69, 9.17) is 18.9 Å². The van der Waals surface area contributed by atoms with E-state index in [1.807, 2.05) is 6.92 Å². The van der Waals surface area contributed by atoms with E-state index in [9.17, 15) is 4.79 Å². The van der Waals surface area contributed by atoms with Crippen molar-refractivity contribution in [3.63, 3.8) is 0 Å². The SMILES string of the molecule is COc1cc(OC)cc(C(=O)O[C@H](C)CN2CCOCC2)c1. The number of methoxy groups -OCH3 is 2. The van der Waals surface area contributed by atoms with Crippen LogP contribution in [0, 0.1) is 0 Å². The van der Waals surface area contributed by atoms with Gasteiger partial charge in [-0.2, -0.15) is 0 Å². The van der Waals surface area contributed by atoms with Gasteiger partial charge >= 0.3 is 5.97 Å². The molecular formula is C16H23NO5. The minimum absolute atomic E-state index is 0.192. The summed E-state index contributed by atoms with van der Waals surface area (Å²) >= 11 is 0. The zero-order valence-corrected chi connectivity index (χ0v) is 13.3. The molecular weight excluding hydrogens is 286 g/mol. The second-order valence-electron chi connectivity index (χ2n) is 5.23. The standard InChI is InChI=1S/C16H23NO5/c1-12(11-17-4-6-21-7-5-17)22-16(18)13-8-14(19-2)10-15(9-13)20-3/h8-10,12H,4-7,11H2,1-3H3/t12-/m1/s1. The number of hydrogen-bond acceptors (Lipinski definition) is 6. The summed E-state index contributed by atoms with van der Waals surface area (Å²) in [5.41, 5.74) is 0.421. The van der Waals surface area contributed by atoms with E-state index in [0.717, 1.165) is 26.3 Å². The van der Waals surface area contributed by atoms with Gasteiger partial charge in [0.2, 0.25) is 0 Å². The average Bonchev–Trinajstić information content (AvgIpc) is 2.55. The van der Waals surface area contributed by atoms with Gasteiger partial charge < -0.3 is 18.9 Å². The van der Waals surface area contributed by atoms with Crippen LogP contribution in [0.3, 0.4) is 0 Å². The van der Waals surface area contributed by atoms with Crippen LogP contribution in [0.1, 0.15) is 17.3 Å². The van der Waals surface area contributed by atoms with Gasteiger partial charge in [-0.3, -0.25) is 4.90 Å². The topological polar surface area (TPSA) is 57.2 Å². The highest BCUT2D eigenvalue weighted by molar-refractivity contribution is 5.90. The van der Waals surface area contributed by atoms with Crippen LogP contribution in [0.4, 0.5) is 0 Å². The number of morpholine rings is 1. The van der Waals surface area contributed by atoms with Crippen LogP contribution in [-0.4, -0.2) is 64.0 Å². The second kappa shape index (κ2) is 8.00. The number of ether oxygens (including phenoxy) is 4. The van der Waals surface area contributed by atoms with Crippen molar-refractivity contribution in [1.82, 2.24) is 4.90 Å². The second-order valence-corrected chi connectivity index (χ2v) is 5.23. The van der Waals surface area contributed by atoms with Crippen LogP contribution in [0.25, 0.3) is 0 Å². The zero-order chi connectivity index (χ0) is 15.9. The Morgan fingerprint density at radius 3 is 2.32 bits per heavy atom.